The lowest BCUT2D eigenvalue weighted by atomic mass is 10.2. The fourth-order valence-electron chi connectivity index (χ4n) is 1.58. The summed E-state index contributed by atoms with van der Waals surface area (Å²) >= 11 is 4.27. The van der Waals surface area contributed by atoms with Gasteiger partial charge in [0.25, 0.3) is 5.91 Å². The summed E-state index contributed by atoms with van der Waals surface area (Å²) in [5.41, 5.74) is 1.17. The predicted octanol–water partition coefficient (Wildman–Crippen LogP) is 3.82. The number of hydrogen-bond acceptors (Lipinski definition) is 5. The average Bonchev–Trinajstić information content (AvgIpc) is 2.91. The Kier molecular flexibility index (Phi) is 5.24. The van der Waals surface area contributed by atoms with Gasteiger partial charge in [-0.25, -0.2) is 4.39 Å². The highest BCUT2D eigenvalue weighted by atomic mass is 79.9. The molecule has 2 aromatic rings. The SMILES string of the molecule is CCCNc1nnc(C(=O)Nc2cc(F)c(Br)cc2C)s1. The monoisotopic (exact) mass is 372 g/mol. The first-order valence-corrected chi connectivity index (χ1v) is 7.96. The molecule has 0 spiro atoms. The number of amides is 1. The Balaban J connectivity index is 2.11. The van der Waals surface area contributed by atoms with Gasteiger partial charge in [-0.3, -0.25) is 4.79 Å². The molecule has 0 aliphatic carbocycles. The Morgan fingerprint density at radius 1 is 1.43 bits per heavy atom. The molecule has 1 aromatic carbocycles. The Labute approximate surface area is 134 Å². The van der Waals surface area contributed by atoms with Crippen molar-refractivity contribution in [3.05, 3.63) is 33.0 Å². The first kappa shape index (κ1) is 15.8. The van der Waals surface area contributed by atoms with E-state index in [9.17, 15) is 9.18 Å². The van der Waals surface area contributed by atoms with Crippen molar-refractivity contribution in [1.82, 2.24) is 10.2 Å². The summed E-state index contributed by atoms with van der Waals surface area (Å²) < 4.78 is 13.9. The topological polar surface area (TPSA) is 66.9 Å². The maximum absolute atomic E-state index is 13.5. The highest BCUT2D eigenvalue weighted by molar-refractivity contribution is 9.10. The number of halogens is 2. The van der Waals surface area contributed by atoms with Crippen LogP contribution in [0.3, 0.4) is 0 Å². The van der Waals surface area contributed by atoms with Crippen LogP contribution in [0.1, 0.15) is 28.7 Å². The highest BCUT2D eigenvalue weighted by Crippen LogP contribution is 2.25. The van der Waals surface area contributed by atoms with E-state index in [4.69, 9.17) is 0 Å². The molecule has 0 saturated carbocycles. The van der Waals surface area contributed by atoms with Crippen molar-refractivity contribution < 1.29 is 9.18 Å². The normalized spacial score (nSPS) is 10.5. The molecule has 0 aliphatic rings. The van der Waals surface area contributed by atoms with E-state index in [0.29, 0.717) is 15.3 Å². The summed E-state index contributed by atoms with van der Waals surface area (Å²) in [6, 6.07) is 2.88. The Bertz CT molecular complexity index is 662. The Morgan fingerprint density at radius 3 is 2.90 bits per heavy atom. The van der Waals surface area contributed by atoms with E-state index in [1.807, 2.05) is 6.92 Å². The number of anilines is 2. The quantitative estimate of drug-likeness (QED) is 0.836. The van der Waals surface area contributed by atoms with Crippen LogP contribution in [0.25, 0.3) is 0 Å². The van der Waals surface area contributed by atoms with Crippen molar-refractivity contribution in [1.29, 1.82) is 0 Å². The second kappa shape index (κ2) is 6.95. The Morgan fingerprint density at radius 2 is 2.19 bits per heavy atom. The van der Waals surface area contributed by atoms with Gasteiger partial charge in [0.2, 0.25) is 10.1 Å². The molecule has 8 heteroatoms. The van der Waals surface area contributed by atoms with Gasteiger partial charge in [-0.05, 0) is 47.0 Å². The van der Waals surface area contributed by atoms with Crippen molar-refractivity contribution in [2.24, 2.45) is 0 Å². The molecule has 0 saturated heterocycles. The van der Waals surface area contributed by atoms with Gasteiger partial charge in [0.1, 0.15) is 5.82 Å². The zero-order valence-corrected chi connectivity index (χ0v) is 13.9. The molecule has 0 bridgehead atoms. The fourth-order valence-corrected chi connectivity index (χ4v) is 2.70. The first-order valence-electron chi connectivity index (χ1n) is 6.35. The molecule has 0 unspecified atom stereocenters. The third kappa shape index (κ3) is 3.98. The van der Waals surface area contributed by atoms with Gasteiger partial charge >= 0.3 is 0 Å². The van der Waals surface area contributed by atoms with Crippen LogP contribution in [-0.2, 0) is 0 Å². The van der Waals surface area contributed by atoms with Gasteiger partial charge in [0.15, 0.2) is 0 Å². The first-order chi connectivity index (χ1) is 10.0. The molecular weight excluding hydrogens is 359 g/mol. The number of rotatable bonds is 5. The van der Waals surface area contributed by atoms with E-state index in [1.165, 1.54) is 17.4 Å². The van der Waals surface area contributed by atoms with Crippen LogP contribution in [0.5, 0.6) is 0 Å². The highest BCUT2D eigenvalue weighted by Gasteiger charge is 2.15. The number of carbonyl (C=O) groups is 1. The number of hydrogen-bond donors (Lipinski definition) is 2. The molecule has 2 rings (SSSR count). The maximum atomic E-state index is 13.5. The van der Waals surface area contributed by atoms with Crippen molar-refractivity contribution in [3.8, 4) is 0 Å². The van der Waals surface area contributed by atoms with Gasteiger partial charge < -0.3 is 10.6 Å². The second-order valence-corrected chi connectivity index (χ2v) is 6.21. The standard InChI is InChI=1S/C13H14BrFN4OS/c1-3-4-16-13-19-18-12(21-13)11(20)17-10-6-9(15)8(14)5-7(10)2/h5-6H,3-4H2,1-2H3,(H,16,19)(H,17,20). The van der Waals surface area contributed by atoms with Crippen LogP contribution < -0.4 is 10.6 Å². The minimum absolute atomic E-state index is 0.233. The van der Waals surface area contributed by atoms with Gasteiger partial charge in [0, 0.05) is 12.2 Å². The lowest BCUT2D eigenvalue weighted by Gasteiger charge is -2.07. The molecule has 112 valence electrons. The zero-order valence-electron chi connectivity index (χ0n) is 11.5. The second-order valence-electron chi connectivity index (χ2n) is 4.37. The van der Waals surface area contributed by atoms with E-state index >= 15 is 0 Å². The summed E-state index contributed by atoms with van der Waals surface area (Å²) in [5, 5.41) is 14.2. The van der Waals surface area contributed by atoms with Gasteiger partial charge in [-0.15, -0.1) is 10.2 Å². The largest absolute Gasteiger partial charge is 0.360 e. The van der Waals surface area contributed by atoms with E-state index in [1.54, 1.807) is 13.0 Å². The molecule has 1 aromatic heterocycles. The maximum Gasteiger partial charge on any atom is 0.286 e. The molecule has 0 radical (unpaired) electrons. The number of carbonyl (C=O) groups excluding carboxylic acids is 1. The molecule has 5 nitrogen and oxygen atoms in total. The van der Waals surface area contributed by atoms with Gasteiger partial charge in [0.05, 0.1) is 4.47 Å². The van der Waals surface area contributed by atoms with Crippen LogP contribution >= 0.6 is 27.3 Å². The number of nitrogens with one attached hydrogen (secondary N) is 2. The molecule has 0 aliphatic heterocycles. The van der Waals surface area contributed by atoms with Crippen LogP contribution in [0.15, 0.2) is 16.6 Å². The van der Waals surface area contributed by atoms with Crippen LogP contribution in [0.2, 0.25) is 0 Å². The molecule has 0 fully saturated rings. The molecule has 1 heterocycles. The van der Waals surface area contributed by atoms with E-state index in [0.717, 1.165) is 18.5 Å². The Hall–Kier alpha value is -1.54. The van der Waals surface area contributed by atoms with Gasteiger partial charge in [-0.1, -0.05) is 18.3 Å². The third-order valence-electron chi connectivity index (χ3n) is 2.66. The smallest absolute Gasteiger partial charge is 0.286 e. The third-order valence-corrected chi connectivity index (χ3v) is 4.15. The summed E-state index contributed by atoms with van der Waals surface area (Å²) in [6.07, 6.45) is 0.957. The number of nitrogens with zero attached hydrogens (tertiary/aromatic N) is 2. The van der Waals surface area contributed by atoms with Gasteiger partial charge in [-0.2, -0.15) is 0 Å². The molecular formula is C13H14BrFN4OS. The molecule has 1 amide bonds. The molecule has 0 atom stereocenters. The van der Waals surface area contributed by atoms with Crippen molar-refractivity contribution in [3.63, 3.8) is 0 Å². The average molecular weight is 373 g/mol. The lowest BCUT2D eigenvalue weighted by molar-refractivity contribution is 0.102. The van der Waals surface area contributed by atoms with E-state index in [-0.39, 0.29) is 5.01 Å². The molecule has 21 heavy (non-hydrogen) atoms. The summed E-state index contributed by atoms with van der Waals surface area (Å²) in [7, 11) is 0. The summed E-state index contributed by atoms with van der Waals surface area (Å²) in [4.78, 5) is 12.1. The lowest BCUT2D eigenvalue weighted by Crippen LogP contribution is -2.12. The van der Waals surface area contributed by atoms with Crippen LogP contribution in [0, 0.1) is 12.7 Å². The number of aryl methyl sites for hydroxylation is 1. The van der Waals surface area contributed by atoms with E-state index in [2.05, 4.69) is 36.8 Å². The zero-order chi connectivity index (χ0) is 15.4. The van der Waals surface area contributed by atoms with Crippen LogP contribution in [0.4, 0.5) is 15.2 Å². The minimum Gasteiger partial charge on any atom is -0.360 e. The van der Waals surface area contributed by atoms with Crippen LogP contribution in [-0.4, -0.2) is 22.6 Å². The number of benzene rings is 1. The van der Waals surface area contributed by atoms with Crippen molar-refractivity contribution in [2.45, 2.75) is 20.3 Å². The summed E-state index contributed by atoms with van der Waals surface area (Å²) in [6.45, 7) is 4.59. The summed E-state index contributed by atoms with van der Waals surface area (Å²) in [5.74, 6) is -0.833. The minimum atomic E-state index is -0.432. The van der Waals surface area contributed by atoms with Crippen molar-refractivity contribution >= 4 is 44.0 Å². The van der Waals surface area contributed by atoms with Crippen molar-refractivity contribution in [2.75, 3.05) is 17.2 Å². The fraction of sp³-hybridized carbons (Fsp3) is 0.308. The number of aromatic nitrogens is 2. The predicted molar refractivity (Wildman–Crippen MR) is 85.5 cm³/mol. The van der Waals surface area contributed by atoms with E-state index < -0.39 is 11.7 Å². The molecule has 2 N–H and O–H groups in total.